The standard InChI is InChI=1S/C15H8BrFN2S/c16-10-6-9-12(7-11(10)17)18-19-15(9)14-5-8-3-1-2-4-13(8)20-14/h1-7H,(H,18,19). The van der Waals surface area contributed by atoms with Crippen molar-refractivity contribution in [3.05, 3.63) is 52.8 Å². The van der Waals surface area contributed by atoms with Crippen LogP contribution in [0.1, 0.15) is 0 Å². The van der Waals surface area contributed by atoms with Gasteiger partial charge in [0.25, 0.3) is 0 Å². The fourth-order valence-corrected chi connectivity index (χ4v) is 3.71. The Morgan fingerprint density at radius 2 is 2.00 bits per heavy atom. The third kappa shape index (κ3) is 1.77. The van der Waals surface area contributed by atoms with Gasteiger partial charge in [-0.1, -0.05) is 18.2 Å². The smallest absolute Gasteiger partial charge is 0.139 e. The minimum Gasteiger partial charge on any atom is -0.277 e. The summed E-state index contributed by atoms with van der Waals surface area (Å²) >= 11 is 4.92. The van der Waals surface area contributed by atoms with Crippen molar-refractivity contribution in [1.82, 2.24) is 10.2 Å². The maximum absolute atomic E-state index is 13.5. The first-order valence-corrected chi connectivity index (χ1v) is 7.65. The van der Waals surface area contributed by atoms with Crippen LogP contribution in [-0.2, 0) is 0 Å². The van der Waals surface area contributed by atoms with Gasteiger partial charge in [0.2, 0.25) is 0 Å². The number of hydrogen-bond acceptors (Lipinski definition) is 2. The van der Waals surface area contributed by atoms with Crippen molar-refractivity contribution in [3.8, 4) is 10.6 Å². The monoisotopic (exact) mass is 346 g/mol. The van der Waals surface area contributed by atoms with Crippen LogP contribution in [-0.4, -0.2) is 10.2 Å². The van der Waals surface area contributed by atoms with E-state index >= 15 is 0 Å². The zero-order chi connectivity index (χ0) is 13.7. The molecule has 98 valence electrons. The molecule has 0 saturated carbocycles. The first-order chi connectivity index (χ1) is 9.72. The lowest BCUT2D eigenvalue weighted by Gasteiger charge is -1.96. The molecule has 0 atom stereocenters. The summed E-state index contributed by atoms with van der Waals surface area (Å²) in [7, 11) is 0. The Hall–Kier alpha value is -1.72. The number of halogens is 2. The summed E-state index contributed by atoms with van der Waals surface area (Å²) in [6.07, 6.45) is 0. The maximum atomic E-state index is 13.5. The van der Waals surface area contributed by atoms with Crippen molar-refractivity contribution in [2.45, 2.75) is 0 Å². The summed E-state index contributed by atoms with van der Waals surface area (Å²) in [5.41, 5.74) is 1.57. The highest BCUT2D eigenvalue weighted by molar-refractivity contribution is 9.10. The van der Waals surface area contributed by atoms with Crippen LogP contribution in [0.3, 0.4) is 0 Å². The predicted molar refractivity (Wildman–Crippen MR) is 84.6 cm³/mol. The number of aromatic amines is 1. The van der Waals surface area contributed by atoms with Gasteiger partial charge >= 0.3 is 0 Å². The number of H-pyrrole nitrogens is 1. The summed E-state index contributed by atoms with van der Waals surface area (Å²) < 4.78 is 15.2. The number of nitrogens with zero attached hydrogens (tertiary/aromatic N) is 1. The highest BCUT2D eigenvalue weighted by atomic mass is 79.9. The molecule has 2 heterocycles. The first kappa shape index (κ1) is 12.1. The second kappa shape index (κ2) is 4.40. The molecule has 4 aromatic rings. The van der Waals surface area contributed by atoms with Crippen LogP contribution in [0.15, 0.2) is 46.9 Å². The van der Waals surface area contributed by atoms with Gasteiger partial charge in [-0.05, 0) is 39.5 Å². The molecule has 0 spiro atoms. The van der Waals surface area contributed by atoms with Crippen LogP contribution in [0, 0.1) is 5.82 Å². The Kier molecular flexibility index (Phi) is 2.65. The minimum atomic E-state index is -0.288. The summed E-state index contributed by atoms with van der Waals surface area (Å²) in [6.45, 7) is 0. The van der Waals surface area contributed by atoms with Gasteiger partial charge in [0.05, 0.1) is 14.9 Å². The molecule has 0 saturated heterocycles. The van der Waals surface area contributed by atoms with Crippen molar-refractivity contribution in [2.75, 3.05) is 0 Å². The zero-order valence-corrected chi connectivity index (χ0v) is 12.6. The Labute approximate surface area is 126 Å². The topological polar surface area (TPSA) is 28.7 Å². The summed E-state index contributed by atoms with van der Waals surface area (Å²) in [5.74, 6) is -0.288. The van der Waals surface area contributed by atoms with E-state index in [4.69, 9.17) is 0 Å². The second-order valence-corrected chi connectivity index (χ2v) is 6.47. The molecule has 0 aliphatic rings. The van der Waals surface area contributed by atoms with Gasteiger partial charge in [-0.15, -0.1) is 11.3 Å². The average Bonchev–Trinajstić information content (AvgIpc) is 3.02. The molecule has 0 bridgehead atoms. The summed E-state index contributed by atoms with van der Waals surface area (Å²) in [6, 6.07) is 13.6. The van der Waals surface area contributed by atoms with Crippen molar-refractivity contribution in [2.24, 2.45) is 0 Å². The van der Waals surface area contributed by atoms with Gasteiger partial charge in [-0.25, -0.2) is 4.39 Å². The van der Waals surface area contributed by atoms with Crippen LogP contribution in [0.25, 0.3) is 31.6 Å². The van der Waals surface area contributed by atoms with Gasteiger partial charge in [-0.3, -0.25) is 5.10 Å². The van der Waals surface area contributed by atoms with Crippen LogP contribution >= 0.6 is 27.3 Å². The predicted octanol–water partition coefficient (Wildman–Crippen LogP) is 5.35. The Balaban J connectivity index is 1.99. The number of thiophene rings is 1. The first-order valence-electron chi connectivity index (χ1n) is 6.04. The number of aromatic nitrogens is 2. The van der Waals surface area contributed by atoms with Gasteiger partial charge < -0.3 is 0 Å². The summed E-state index contributed by atoms with van der Waals surface area (Å²) in [5, 5.41) is 9.36. The van der Waals surface area contributed by atoms with E-state index in [9.17, 15) is 4.39 Å². The molecule has 0 aliphatic heterocycles. The zero-order valence-electron chi connectivity index (χ0n) is 10.2. The molecule has 2 aromatic heterocycles. The molecule has 0 amide bonds. The largest absolute Gasteiger partial charge is 0.277 e. The average molecular weight is 347 g/mol. The molecule has 0 unspecified atom stereocenters. The van der Waals surface area contributed by atoms with Crippen molar-refractivity contribution in [3.63, 3.8) is 0 Å². The quantitative estimate of drug-likeness (QED) is 0.494. The molecule has 5 heteroatoms. The maximum Gasteiger partial charge on any atom is 0.139 e. The fourth-order valence-electron chi connectivity index (χ4n) is 2.30. The number of rotatable bonds is 1. The molecule has 0 radical (unpaired) electrons. The van der Waals surface area contributed by atoms with Gasteiger partial charge in [0.15, 0.2) is 0 Å². The molecule has 2 aromatic carbocycles. The van der Waals surface area contributed by atoms with E-state index in [0.717, 1.165) is 16.0 Å². The van der Waals surface area contributed by atoms with E-state index in [1.165, 1.54) is 16.2 Å². The van der Waals surface area contributed by atoms with E-state index < -0.39 is 0 Å². The van der Waals surface area contributed by atoms with Crippen molar-refractivity contribution >= 4 is 48.3 Å². The fraction of sp³-hybridized carbons (Fsp3) is 0. The Morgan fingerprint density at radius 1 is 1.15 bits per heavy atom. The third-order valence-corrected chi connectivity index (χ3v) is 4.99. The van der Waals surface area contributed by atoms with Crippen LogP contribution in [0.2, 0.25) is 0 Å². The number of nitrogens with one attached hydrogen (secondary N) is 1. The van der Waals surface area contributed by atoms with Crippen molar-refractivity contribution in [1.29, 1.82) is 0 Å². The van der Waals surface area contributed by atoms with Crippen LogP contribution in [0.4, 0.5) is 4.39 Å². The molecular formula is C15H8BrFN2S. The van der Waals surface area contributed by atoms with Crippen LogP contribution in [0.5, 0.6) is 0 Å². The molecule has 0 aliphatic carbocycles. The summed E-state index contributed by atoms with van der Waals surface area (Å²) in [4.78, 5) is 1.08. The molecule has 0 fully saturated rings. The second-order valence-electron chi connectivity index (χ2n) is 4.53. The normalized spacial score (nSPS) is 11.5. The van der Waals surface area contributed by atoms with Gasteiger partial charge in [-0.2, -0.15) is 5.10 Å². The molecule has 1 N–H and O–H groups in total. The third-order valence-electron chi connectivity index (χ3n) is 3.26. The molecule has 2 nitrogen and oxygen atoms in total. The molecule has 20 heavy (non-hydrogen) atoms. The SMILES string of the molecule is Fc1cc2[nH]nc(-c3cc4ccccc4s3)c2cc1Br. The highest BCUT2D eigenvalue weighted by Gasteiger charge is 2.13. The lowest BCUT2D eigenvalue weighted by Crippen LogP contribution is -1.77. The number of hydrogen-bond donors (Lipinski definition) is 1. The Bertz CT molecular complexity index is 909. The minimum absolute atomic E-state index is 0.288. The van der Waals surface area contributed by atoms with E-state index in [0.29, 0.717) is 9.99 Å². The molecular weight excluding hydrogens is 339 g/mol. The van der Waals surface area contributed by atoms with E-state index in [-0.39, 0.29) is 5.82 Å². The van der Waals surface area contributed by atoms with Crippen molar-refractivity contribution < 1.29 is 4.39 Å². The Morgan fingerprint density at radius 3 is 2.85 bits per heavy atom. The highest BCUT2D eigenvalue weighted by Crippen LogP contribution is 2.36. The van der Waals surface area contributed by atoms with E-state index in [1.54, 1.807) is 17.4 Å². The number of fused-ring (bicyclic) bond motifs is 2. The van der Waals surface area contributed by atoms with Gasteiger partial charge in [0.1, 0.15) is 11.5 Å². The van der Waals surface area contributed by atoms with E-state index in [1.807, 2.05) is 12.1 Å². The number of benzene rings is 2. The van der Waals surface area contributed by atoms with Crippen LogP contribution < -0.4 is 0 Å². The molecule has 4 rings (SSSR count). The van der Waals surface area contributed by atoms with Gasteiger partial charge in [0, 0.05) is 16.2 Å². The van der Waals surface area contributed by atoms with E-state index in [2.05, 4.69) is 44.3 Å². The lowest BCUT2D eigenvalue weighted by atomic mass is 10.1. The lowest BCUT2D eigenvalue weighted by molar-refractivity contribution is 0.623.